The second-order valence-electron chi connectivity index (χ2n) is 8.52. The van der Waals surface area contributed by atoms with Crippen molar-refractivity contribution in [3.63, 3.8) is 0 Å². The summed E-state index contributed by atoms with van der Waals surface area (Å²) in [4.78, 5) is 26.3. The third kappa shape index (κ3) is 2.31. The Bertz CT molecular complexity index is 939. The molecule has 146 valence electrons. The minimum Gasteiger partial charge on any atom is -0.492 e. The number of hydrogen-bond acceptors (Lipinski definition) is 5. The van der Waals surface area contributed by atoms with Crippen molar-refractivity contribution < 1.29 is 23.8 Å². The number of amides is 1. The minimum atomic E-state index is -0.413. The molecule has 7 heteroatoms. The summed E-state index contributed by atoms with van der Waals surface area (Å²) in [6.45, 7) is 1.54. The predicted octanol–water partition coefficient (Wildman–Crippen LogP) is 3.49. The van der Waals surface area contributed by atoms with Gasteiger partial charge in [0.25, 0.3) is 0 Å². The number of rotatable bonds is 3. The van der Waals surface area contributed by atoms with Gasteiger partial charge in [-0.1, -0.05) is 6.08 Å². The predicted molar refractivity (Wildman–Crippen MR) is 103 cm³/mol. The first-order valence-corrected chi connectivity index (χ1v) is 10.7. The SMILES string of the molecule is O=C1C=C[C@]23C[C@H]4COC(=O)N4Cc4cc(OCC5CC5)c(Br)c(c42)O[C@@H]3C1. The third-order valence-electron chi connectivity index (χ3n) is 6.68. The fraction of sp³-hybridized carbons (Fsp3) is 0.524. The number of cyclic esters (lactones) is 1. The molecule has 2 aliphatic carbocycles. The summed E-state index contributed by atoms with van der Waals surface area (Å²) in [5, 5.41) is 0. The van der Waals surface area contributed by atoms with Crippen LogP contribution in [0.15, 0.2) is 22.7 Å². The smallest absolute Gasteiger partial charge is 0.410 e. The first-order valence-electron chi connectivity index (χ1n) is 9.86. The lowest BCUT2D eigenvalue weighted by molar-refractivity contribution is -0.117. The van der Waals surface area contributed by atoms with Crippen molar-refractivity contribution in [2.75, 3.05) is 13.2 Å². The molecular formula is C21H20BrNO5. The molecule has 1 amide bonds. The normalized spacial score (nSPS) is 32.2. The zero-order chi connectivity index (χ0) is 19.0. The summed E-state index contributed by atoms with van der Waals surface area (Å²) >= 11 is 3.70. The number of ketones is 1. The number of carbonyl (C=O) groups is 2. The van der Waals surface area contributed by atoms with E-state index in [-0.39, 0.29) is 24.0 Å². The van der Waals surface area contributed by atoms with Crippen LogP contribution >= 0.6 is 15.9 Å². The van der Waals surface area contributed by atoms with Gasteiger partial charge in [-0.05, 0) is 58.8 Å². The van der Waals surface area contributed by atoms with Crippen molar-refractivity contribution in [3.8, 4) is 11.5 Å². The quantitative estimate of drug-likeness (QED) is 0.712. The summed E-state index contributed by atoms with van der Waals surface area (Å²) in [5.41, 5.74) is 1.70. The number of fused-ring (bicyclic) bond motifs is 1. The molecule has 1 aromatic carbocycles. The number of carbonyl (C=O) groups excluding carboxylic acids is 2. The Morgan fingerprint density at radius 1 is 1.32 bits per heavy atom. The minimum absolute atomic E-state index is 0.0237. The van der Waals surface area contributed by atoms with Crippen LogP contribution in [0.4, 0.5) is 4.79 Å². The van der Waals surface area contributed by atoms with Crippen LogP contribution in [0.2, 0.25) is 0 Å². The van der Waals surface area contributed by atoms with Crippen LogP contribution in [0, 0.1) is 5.92 Å². The number of halogens is 1. The van der Waals surface area contributed by atoms with Crippen LogP contribution in [0.5, 0.6) is 11.5 Å². The fourth-order valence-electron chi connectivity index (χ4n) is 5.05. The second kappa shape index (κ2) is 5.75. The van der Waals surface area contributed by atoms with Crippen LogP contribution in [-0.2, 0) is 21.5 Å². The fourth-order valence-corrected chi connectivity index (χ4v) is 5.57. The highest BCUT2D eigenvalue weighted by Gasteiger charge is 2.56. The van der Waals surface area contributed by atoms with Gasteiger partial charge in [-0.2, -0.15) is 0 Å². The average Bonchev–Trinajstić information content (AvgIpc) is 3.39. The number of allylic oxidation sites excluding steroid dienone is 1. The van der Waals surface area contributed by atoms with Crippen LogP contribution in [0.3, 0.4) is 0 Å². The van der Waals surface area contributed by atoms with Gasteiger partial charge in [-0.15, -0.1) is 0 Å². The maximum absolute atomic E-state index is 12.3. The topological polar surface area (TPSA) is 65.1 Å². The zero-order valence-electron chi connectivity index (χ0n) is 15.3. The van der Waals surface area contributed by atoms with Crippen LogP contribution in [-0.4, -0.2) is 42.1 Å². The Labute approximate surface area is 170 Å². The standard InChI is InChI=1S/C21H20BrNO5/c22-18-15(26-9-11-1-2-11)5-12-8-23-13(10-27-20(23)25)7-21-4-3-14(24)6-16(21)28-19(18)17(12)21/h3-5,11,13,16H,1-2,6-10H2/t13-,16+,21+/m0/s1. The Morgan fingerprint density at radius 3 is 3.00 bits per heavy atom. The molecular weight excluding hydrogens is 426 g/mol. The van der Waals surface area contributed by atoms with Gasteiger partial charge in [0.1, 0.15) is 28.7 Å². The van der Waals surface area contributed by atoms with E-state index in [9.17, 15) is 9.59 Å². The van der Waals surface area contributed by atoms with E-state index in [0.29, 0.717) is 38.5 Å². The molecule has 3 atom stereocenters. The van der Waals surface area contributed by atoms with Gasteiger partial charge in [0.2, 0.25) is 0 Å². The van der Waals surface area contributed by atoms with E-state index in [4.69, 9.17) is 14.2 Å². The van der Waals surface area contributed by atoms with E-state index in [2.05, 4.69) is 15.9 Å². The molecule has 3 heterocycles. The van der Waals surface area contributed by atoms with Crippen molar-refractivity contribution in [1.29, 1.82) is 0 Å². The molecule has 0 radical (unpaired) electrons. The molecule has 1 saturated heterocycles. The summed E-state index contributed by atoms with van der Waals surface area (Å²) in [7, 11) is 0. The lowest BCUT2D eigenvalue weighted by atomic mass is 9.68. The number of hydrogen-bond donors (Lipinski definition) is 0. The van der Waals surface area contributed by atoms with Crippen LogP contribution in [0.1, 0.15) is 36.8 Å². The Hall–Kier alpha value is -2.02. The van der Waals surface area contributed by atoms with Crippen molar-refractivity contribution in [3.05, 3.63) is 33.8 Å². The van der Waals surface area contributed by atoms with E-state index >= 15 is 0 Å². The maximum Gasteiger partial charge on any atom is 0.410 e. The van der Waals surface area contributed by atoms with Gasteiger partial charge >= 0.3 is 6.09 Å². The molecule has 3 aliphatic heterocycles. The van der Waals surface area contributed by atoms with Gasteiger partial charge < -0.3 is 14.2 Å². The molecule has 0 N–H and O–H groups in total. The maximum atomic E-state index is 12.3. The average molecular weight is 446 g/mol. The second-order valence-corrected chi connectivity index (χ2v) is 9.31. The summed E-state index contributed by atoms with van der Waals surface area (Å²) in [6.07, 6.45) is 6.62. The Kier molecular flexibility index (Phi) is 3.47. The van der Waals surface area contributed by atoms with Crippen molar-refractivity contribution in [2.45, 2.75) is 49.8 Å². The molecule has 6 rings (SSSR count). The molecule has 1 spiro atoms. The highest BCUT2D eigenvalue weighted by Crippen LogP contribution is 2.58. The molecule has 28 heavy (non-hydrogen) atoms. The van der Waals surface area contributed by atoms with E-state index in [0.717, 1.165) is 27.1 Å². The number of nitrogens with zero attached hydrogens (tertiary/aromatic N) is 1. The van der Waals surface area contributed by atoms with Gasteiger partial charge in [-0.25, -0.2) is 4.79 Å². The van der Waals surface area contributed by atoms with Gasteiger partial charge in [0.15, 0.2) is 5.78 Å². The largest absolute Gasteiger partial charge is 0.492 e. The molecule has 1 aromatic rings. The van der Waals surface area contributed by atoms with Crippen LogP contribution in [0.25, 0.3) is 0 Å². The van der Waals surface area contributed by atoms with Crippen molar-refractivity contribution in [2.24, 2.45) is 5.92 Å². The lowest BCUT2D eigenvalue weighted by Gasteiger charge is -2.35. The number of ether oxygens (including phenoxy) is 3. The highest BCUT2D eigenvalue weighted by atomic mass is 79.9. The lowest BCUT2D eigenvalue weighted by Crippen LogP contribution is -2.44. The van der Waals surface area contributed by atoms with Crippen LogP contribution < -0.4 is 9.47 Å². The first-order chi connectivity index (χ1) is 13.5. The summed E-state index contributed by atoms with van der Waals surface area (Å²) in [5.74, 6) is 2.22. The van der Waals surface area contributed by atoms with E-state index in [1.54, 1.807) is 6.08 Å². The molecule has 1 saturated carbocycles. The molecule has 0 aromatic heterocycles. The van der Waals surface area contributed by atoms with Gasteiger partial charge in [-0.3, -0.25) is 9.69 Å². The molecule has 0 bridgehead atoms. The molecule has 0 unspecified atom stereocenters. The van der Waals surface area contributed by atoms with E-state index < -0.39 is 5.41 Å². The monoisotopic (exact) mass is 445 g/mol. The molecule has 2 fully saturated rings. The zero-order valence-corrected chi connectivity index (χ0v) is 16.9. The van der Waals surface area contributed by atoms with Gasteiger partial charge in [0, 0.05) is 12.0 Å². The Balaban J connectivity index is 1.52. The van der Waals surface area contributed by atoms with Crippen molar-refractivity contribution in [1.82, 2.24) is 4.90 Å². The summed E-state index contributed by atoms with van der Waals surface area (Å²) in [6, 6.07) is 2.02. The van der Waals surface area contributed by atoms with Crippen molar-refractivity contribution >= 4 is 27.8 Å². The molecule has 6 nitrogen and oxygen atoms in total. The van der Waals surface area contributed by atoms with E-state index in [1.165, 1.54) is 12.8 Å². The highest BCUT2D eigenvalue weighted by molar-refractivity contribution is 9.10. The molecule has 5 aliphatic rings. The van der Waals surface area contributed by atoms with Gasteiger partial charge in [0.05, 0.1) is 24.6 Å². The Morgan fingerprint density at radius 2 is 2.18 bits per heavy atom. The van der Waals surface area contributed by atoms with E-state index in [1.807, 2.05) is 17.0 Å². The summed E-state index contributed by atoms with van der Waals surface area (Å²) < 4.78 is 18.6. The third-order valence-corrected chi connectivity index (χ3v) is 7.43. The number of benzene rings is 1. The first kappa shape index (κ1) is 16.9.